The van der Waals surface area contributed by atoms with Gasteiger partial charge in [-0.05, 0) is 47.9 Å². The topological polar surface area (TPSA) is 58.6 Å². The number of nitrogens with zero attached hydrogens (tertiary/aromatic N) is 1. The van der Waals surface area contributed by atoms with E-state index < -0.39 is 0 Å². The lowest BCUT2D eigenvalue weighted by molar-refractivity contribution is -0.127. The van der Waals surface area contributed by atoms with E-state index in [2.05, 4.69) is 19.2 Å². The molecule has 138 valence electrons. The Balaban J connectivity index is 1.93. The summed E-state index contributed by atoms with van der Waals surface area (Å²) < 4.78 is 5.62. The third-order valence-corrected chi connectivity index (χ3v) is 3.77. The monoisotopic (exact) mass is 354 g/mol. The quantitative estimate of drug-likeness (QED) is 0.826. The number of ether oxygens (including phenoxy) is 1. The van der Waals surface area contributed by atoms with Crippen molar-refractivity contribution in [2.45, 2.75) is 20.3 Å². The molecule has 1 N–H and O–H groups in total. The van der Waals surface area contributed by atoms with Gasteiger partial charge in [-0.15, -0.1) is 0 Å². The van der Waals surface area contributed by atoms with Crippen molar-refractivity contribution >= 4 is 17.5 Å². The number of rotatable bonds is 7. The summed E-state index contributed by atoms with van der Waals surface area (Å²) in [5.74, 6) is 1.07. The first-order valence-corrected chi connectivity index (χ1v) is 8.68. The molecule has 0 spiro atoms. The molecule has 0 radical (unpaired) electrons. The lowest BCUT2D eigenvalue weighted by atomic mass is 10.1. The molecule has 2 amide bonds. The highest BCUT2D eigenvalue weighted by atomic mass is 16.5. The number of carbonyl (C=O) groups excluding carboxylic acids is 2. The highest BCUT2D eigenvalue weighted by Crippen LogP contribution is 2.16. The molecule has 0 aliphatic rings. The summed E-state index contributed by atoms with van der Waals surface area (Å²) in [7, 11) is 3.46. The van der Waals surface area contributed by atoms with Crippen LogP contribution in [0, 0.1) is 5.92 Å². The highest BCUT2D eigenvalue weighted by molar-refractivity contribution is 6.04. The Morgan fingerprint density at radius 2 is 1.62 bits per heavy atom. The Bertz CT molecular complexity index is 735. The number of amides is 2. The van der Waals surface area contributed by atoms with Gasteiger partial charge in [-0.2, -0.15) is 0 Å². The maximum Gasteiger partial charge on any atom is 0.255 e. The molecule has 0 unspecified atom stereocenters. The molecule has 0 aliphatic carbocycles. The molecule has 2 rings (SSSR count). The smallest absolute Gasteiger partial charge is 0.255 e. The molecule has 5 nitrogen and oxygen atoms in total. The summed E-state index contributed by atoms with van der Waals surface area (Å²) in [4.78, 5) is 25.6. The van der Waals surface area contributed by atoms with Crippen molar-refractivity contribution in [3.63, 3.8) is 0 Å². The van der Waals surface area contributed by atoms with Gasteiger partial charge < -0.3 is 15.0 Å². The zero-order chi connectivity index (χ0) is 19.1. The van der Waals surface area contributed by atoms with Gasteiger partial charge in [0, 0.05) is 25.3 Å². The first-order chi connectivity index (χ1) is 12.3. The molecular formula is C21H26N2O3. The maximum absolute atomic E-state index is 12.3. The number of hydrogen-bond donors (Lipinski definition) is 1. The second-order valence-electron chi connectivity index (χ2n) is 6.85. The second kappa shape index (κ2) is 9.04. The number of anilines is 1. The fourth-order valence-electron chi connectivity index (χ4n) is 2.21. The van der Waals surface area contributed by atoms with E-state index in [4.69, 9.17) is 4.74 Å². The Morgan fingerprint density at radius 1 is 1.00 bits per heavy atom. The van der Waals surface area contributed by atoms with Crippen molar-refractivity contribution in [3.8, 4) is 5.75 Å². The van der Waals surface area contributed by atoms with Gasteiger partial charge in [0.2, 0.25) is 5.91 Å². The largest absolute Gasteiger partial charge is 0.493 e. The molecule has 26 heavy (non-hydrogen) atoms. The average Bonchev–Trinajstić information content (AvgIpc) is 2.61. The summed E-state index contributed by atoms with van der Waals surface area (Å²) in [5.41, 5.74) is 2.17. The lowest BCUT2D eigenvalue weighted by Crippen LogP contribution is -2.23. The predicted molar refractivity (Wildman–Crippen MR) is 104 cm³/mol. The number of benzene rings is 2. The third-order valence-electron chi connectivity index (χ3n) is 3.77. The molecule has 0 atom stereocenters. The van der Waals surface area contributed by atoms with Crippen molar-refractivity contribution in [3.05, 3.63) is 59.7 Å². The van der Waals surface area contributed by atoms with E-state index in [9.17, 15) is 9.59 Å². The Labute approximate surface area is 155 Å². The average molecular weight is 354 g/mol. The molecule has 0 aromatic heterocycles. The van der Waals surface area contributed by atoms with E-state index in [0.717, 1.165) is 11.3 Å². The molecule has 2 aromatic rings. The standard InChI is InChI=1S/C21H26N2O3/c1-15(2)14-26-19-11-7-17(8-12-19)21(25)22-18-9-5-16(6-10-18)13-20(24)23(3)4/h5-12,15H,13-14H2,1-4H3,(H,22,25). The summed E-state index contributed by atoms with van der Waals surface area (Å²) in [6, 6.07) is 14.4. The van der Waals surface area contributed by atoms with Crippen LogP contribution in [0.5, 0.6) is 5.75 Å². The van der Waals surface area contributed by atoms with Crippen LogP contribution in [0.3, 0.4) is 0 Å². The van der Waals surface area contributed by atoms with E-state index in [1.54, 1.807) is 55.4 Å². The highest BCUT2D eigenvalue weighted by Gasteiger charge is 2.08. The zero-order valence-electron chi connectivity index (χ0n) is 15.8. The van der Waals surface area contributed by atoms with E-state index in [0.29, 0.717) is 30.2 Å². The molecule has 0 saturated carbocycles. The van der Waals surface area contributed by atoms with Crippen LogP contribution in [0.1, 0.15) is 29.8 Å². The SMILES string of the molecule is CC(C)COc1ccc(C(=O)Nc2ccc(CC(=O)N(C)C)cc2)cc1. The van der Waals surface area contributed by atoms with Crippen LogP contribution in [0.15, 0.2) is 48.5 Å². The molecule has 0 heterocycles. The Morgan fingerprint density at radius 3 is 2.15 bits per heavy atom. The van der Waals surface area contributed by atoms with Gasteiger partial charge >= 0.3 is 0 Å². The molecule has 2 aromatic carbocycles. The Kier molecular flexibility index (Phi) is 6.78. The van der Waals surface area contributed by atoms with Crippen LogP contribution in [-0.4, -0.2) is 37.4 Å². The van der Waals surface area contributed by atoms with Crippen molar-refractivity contribution in [1.82, 2.24) is 4.90 Å². The predicted octanol–water partition coefficient (Wildman–Crippen LogP) is 3.60. The van der Waals surface area contributed by atoms with Crippen LogP contribution in [-0.2, 0) is 11.2 Å². The molecule has 0 saturated heterocycles. The van der Waals surface area contributed by atoms with Crippen molar-refractivity contribution in [1.29, 1.82) is 0 Å². The molecule has 0 fully saturated rings. The minimum atomic E-state index is -0.183. The van der Waals surface area contributed by atoms with E-state index in [-0.39, 0.29) is 11.8 Å². The minimum Gasteiger partial charge on any atom is -0.493 e. The van der Waals surface area contributed by atoms with Crippen molar-refractivity contribution < 1.29 is 14.3 Å². The van der Waals surface area contributed by atoms with Gasteiger partial charge in [0.15, 0.2) is 0 Å². The van der Waals surface area contributed by atoms with Gasteiger partial charge in [0.1, 0.15) is 5.75 Å². The molecule has 5 heteroatoms. The van der Waals surface area contributed by atoms with Gasteiger partial charge in [0.25, 0.3) is 5.91 Å². The van der Waals surface area contributed by atoms with Crippen LogP contribution >= 0.6 is 0 Å². The number of likely N-dealkylation sites (N-methyl/N-ethyl adjacent to an activating group) is 1. The number of carbonyl (C=O) groups is 2. The van der Waals surface area contributed by atoms with Gasteiger partial charge in [0.05, 0.1) is 13.0 Å². The lowest BCUT2D eigenvalue weighted by Gasteiger charge is -2.11. The Hall–Kier alpha value is -2.82. The fourth-order valence-corrected chi connectivity index (χ4v) is 2.21. The summed E-state index contributed by atoms with van der Waals surface area (Å²) in [6.45, 7) is 4.82. The molecule has 0 bridgehead atoms. The van der Waals surface area contributed by atoms with E-state index in [1.165, 1.54) is 0 Å². The van der Waals surface area contributed by atoms with E-state index in [1.807, 2.05) is 12.1 Å². The van der Waals surface area contributed by atoms with E-state index >= 15 is 0 Å². The minimum absolute atomic E-state index is 0.0431. The van der Waals surface area contributed by atoms with Crippen molar-refractivity contribution in [2.75, 3.05) is 26.0 Å². The third kappa shape index (κ3) is 5.92. The summed E-state index contributed by atoms with van der Waals surface area (Å²) >= 11 is 0. The van der Waals surface area contributed by atoms with Crippen LogP contribution in [0.25, 0.3) is 0 Å². The van der Waals surface area contributed by atoms with Crippen LogP contribution < -0.4 is 10.1 Å². The zero-order valence-corrected chi connectivity index (χ0v) is 15.8. The fraction of sp³-hybridized carbons (Fsp3) is 0.333. The normalized spacial score (nSPS) is 10.5. The van der Waals surface area contributed by atoms with Gasteiger partial charge in [-0.1, -0.05) is 26.0 Å². The molecule has 0 aliphatic heterocycles. The van der Waals surface area contributed by atoms with Crippen molar-refractivity contribution in [2.24, 2.45) is 5.92 Å². The first kappa shape index (κ1) is 19.5. The summed E-state index contributed by atoms with van der Waals surface area (Å²) in [6.07, 6.45) is 0.346. The maximum atomic E-state index is 12.3. The van der Waals surface area contributed by atoms with Crippen LogP contribution in [0.2, 0.25) is 0 Å². The number of nitrogens with one attached hydrogen (secondary N) is 1. The number of hydrogen-bond acceptors (Lipinski definition) is 3. The second-order valence-corrected chi connectivity index (χ2v) is 6.85. The van der Waals surface area contributed by atoms with Gasteiger partial charge in [-0.25, -0.2) is 0 Å². The summed E-state index contributed by atoms with van der Waals surface area (Å²) in [5, 5.41) is 2.86. The van der Waals surface area contributed by atoms with Gasteiger partial charge in [-0.3, -0.25) is 9.59 Å². The van der Waals surface area contributed by atoms with Crippen LogP contribution in [0.4, 0.5) is 5.69 Å². The molecular weight excluding hydrogens is 328 g/mol. The first-order valence-electron chi connectivity index (χ1n) is 8.68.